The van der Waals surface area contributed by atoms with Gasteiger partial charge in [0, 0.05) is 10.7 Å². The molecular formula is C10H11BrClN3. The molecule has 2 rings (SSSR count). The second-order valence-corrected chi connectivity index (χ2v) is 4.65. The first-order chi connectivity index (χ1) is 7.13. The molecule has 0 fully saturated rings. The predicted molar refractivity (Wildman–Crippen MR) is 65.4 cm³/mol. The maximum absolute atomic E-state index is 6.06. The molecule has 80 valence electrons. The van der Waals surface area contributed by atoms with Crippen LogP contribution in [0.25, 0.3) is 5.52 Å². The normalized spacial score (nSPS) is 13.3. The summed E-state index contributed by atoms with van der Waals surface area (Å²) in [7, 11) is 1.90. The highest BCUT2D eigenvalue weighted by molar-refractivity contribution is 9.10. The number of pyridine rings is 1. The van der Waals surface area contributed by atoms with Crippen LogP contribution in [0.2, 0.25) is 5.15 Å². The van der Waals surface area contributed by atoms with Crippen molar-refractivity contribution in [3.63, 3.8) is 0 Å². The van der Waals surface area contributed by atoms with Gasteiger partial charge in [-0.15, -0.1) is 0 Å². The summed E-state index contributed by atoms with van der Waals surface area (Å²) in [6.07, 6.45) is 1.97. The molecule has 1 atom stereocenters. The summed E-state index contributed by atoms with van der Waals surface area (Å²) in [5.41, 5.74) is 0.928. The molecule has 15 heavy (non-hydrogen) atoms. The quantitative estimate of drug-likeness (QED) is 0.920. The van der Waals surface area contributed by atoms with Gasteiger partial charge in [-0.3, -0.25) is 4.40 Å². The van der Waals surface area contributed by atoms with Crippen molar-refractivity contribution < 1.29 is 0 Å². The largest absolute Gasteiger partial charge is 0.311 e. The molecule has 0 spiro atoms. The summed E-state index contributed by atoms with van der Waals surface area (Å²) in [4.78, 5) is 4.35. The van der Waals surface area contributed by atoms with Crippen molar-refractivity contribution in [1.82, 2.24) is 14.7 Å². The minimum Gasteiger partial charge on any atom is -0.311 e. The van der Waals surface area contributed by atoms with Gasteiger partial charge >= 0.3 is 0 Å². The Morgan fingerprint density at radius 3 is 2.93 bits per heavy atom. The number of fused-ring (bicyclic) bond motifs is 1. The van der Waals surface area contributed by atoms with Gasteiger partial charge in [-0.25, -0.2) is 4.98 Å². The van der Waals surface area contributed by atoms with Crippen LogP contribution in [0.4, 0.5) is 0 Å². The summed E-state index contributed by atoms with van der Waals surface area (Å²) in [5, 5.41) is 3.69. The molecule has 0 aliphatic carbocycles. The molecule has 0 bridgehead atoms. The van der Waals surface area contributed by atoms with Crippen LogP contribution in [0.3, 0.4) is 0 Å². The average molecular weight is 289 g/mol. The topological polar surface area (TPSA) is 29.3 Å². The maximum Gasteiger partial charge on any atom is 0.155 e. The Morgan fingerprint density at radius 1 is 1.53 bits per heavy atom. The molecule has 0 amide bonds. The molecule has 2 aromatic heterocycles. The molecule has 0 saturated heterocycles. The van der Waals surface area contributed by atoms with Crippen LogP contribution < -0.4 is 5.32 Å². The molecule has 2 heterocycles. The molecule has 5 heteroatoms. The van der Waals surface area contributed by atoms with E-state index in [-0.39, 0.29) is 6.04 Å². The van der Waals surface area contributed by atoms with Crippen molar-refractivity contribution in [3.05, 3.63) is 33.8 Å². The second-order valence-electron chi connectivity index (χ2n) is 3.37. The van der Waals surface area contributed by atoms with Crippen molar-refractivity contribution in [1.29, 1.82) is 0 Å². The molecule has 2 aromatic rings. The molecular weight excluding hydrogens is 277 g/mol. The number of aromatic nitrogens is 2. The Hall–Kier alpha value is -0.580. The lowest BCUT2D eigenvalue weighted by atomic mass is 10.3. The minimum atomic E-state index is 0.166. The van der Waals surface area contributed by atoms with Gasteiger partial charge in [-0.2, -0.15) is 0 Å². The number of hydrogen-bond donors (Lipinski definition) is 1. The Labute approximate surface area is 102 Å². The summed E-state index contributed by atoms with van der Waals surface area (Å²) < 4.78 is 3.00. The zero-order valence-electron chi connectivity index (χ0n) is 8.46. The molecule has 0 aromatic carbocycles. The smallest absolute Gasteiger partial charge is 0.155 e. The van der Waals surface area contributed by atoms with Gasteiger partial charge in [0.05, 0.1) is 11.6 Å². The Balaban J connectivity index is 2.69. The van der Waals surface area contributed by atoms with Gasteiger partial charge in [-0.05, 0) is 42.0 Å². The highest BCUT2D eigenvalue weighted by atomic mass is 79.9. The Bertz CT molecular complexity index is 495. The fraction of sp³-hybridized carbons (Fsp3) is 0.300. The maximum atomic E-state index is 6.06. The summed E-state index contributed by atoms with van der Waals surface area (Å²) in [6, 6.07) is 4.07. The van der Waals surface area contributed by atoms with E-state index < -0.39 is 0 Å². The van der Waals surface area contributed by atoms with Crippen LogP contribution in [-0.2, 0) is 0 Å². The van der Waals surface area contributed by atoms with Gasteiger partial charge < -0.3 is 5.32 Å². The van der Waals surface area contributed by atoms with Crippen LogP contribution in [-0.4, -0.2) is 16.4 Å². The number of nitrogens with one attached hydrogen (secondary N) is 1. The van der Waals surface area contributed by atoms with Crippen molar-refractivity contribution in [2.45, 2.75) is 13.0 Å². The number of rotatable bonds is 2. The minimum absolute atomic E-state index is 0.166. The third-order valence-electron chi connectivity index (χ3n) is 2.40. The van der Waals surface area contributed by atoms with Gasteiger partial charge in [0.2, 0.25) is 0 Å². The molecule has 0 aliphatic rings. The molecule has 0 aliphatic heterocycles. The van der Waals surface area contributed by atoms with E-state index in [2.05, 4.69) is 26.2 Å². The van der Waals surface area contributed by atoms with E-state index in [0.29, 0.717) is 5.15 Å². The predicted octanol–water partition coefficient (Wildman–Crippen LogP) is 3.03. The lowest BCUT2D eigenvalue weighted by molar-refractivity contribution is 0.608. The van der Waals surface area contributed by atoms with Gasteiger partial charge in [-0.1, -0.05) is 11.6 Å². The van der Waals surface area contributed by atoms with Crippen LogP contribution in [0.5, 0.6) is 0 Å². The fourth-order valence-corrected chi connectivity index (χ4v) is 2.06. The second kappa shape index (κ2) is 4.12. The monoisotopic (exact) mass is 287 g/mol. The lowest BCUT2D eigenvalue weighted by Crippen LogP contribution is -2.15. The first-order valence-corrected chi connectivity index (χ1v) is 5.81. The van der Waals surface area contributed by atoms with Crippen LogP contribution >= 0.6 is 27.5 Å². The number of hydrogen-bond acceptors (Lipinski definition) is 2. The van der Waals surface area contributed by atoms with Crippen LogP contribution in [0.1, 0.15) is 18.8 Å². The summed E-state index contributed by atoms with van der Waals surface area (Å²) in [6.45, 7) is 2.05. The average Bonchev–Trinajstić information content (AvgIpc) is 2.54. The molecule has 0 radical (unpaired) electrons. The summed E-state index contributed by atoms with van der Waals surface area (Å²) >= 11 is 9.49. The highest BCUT2D eigenvalue weighted by Gasteiger charge is 2.13. The van der Waals surface area contributed by atoms with Crippen molar-refractivity contribution in [2.75, 3.05) is 7.05 Å². The standard InChI is InChI=1S/C10H11BrClN3/c1-6(13-2)10-14-9(12)8-4-3-7(11)5-15(8)10/h3-6,13H,1-2H3. The van der Waals surface area contributed by atoms with E-state index in [1.807, 2.05) is 36.7 Å². The van der Waals surface area contributed by atoms with E-state index in [1.54, 1.807) is 0 Å². The van der Waals surface area contributed by atoms with E-state index >= 15 is 0 Å². The van der Waals surface area contributed by atoms with Gasteiger partial charge in [0.25, 0.3) is 0 Å². The highest BCUT2D eigenvalue weighted by Crippen LogP contribution is 2.24. The third-order valence-corrected chi connectivity index (χ3v) is 3.15. The van der Waals surface area contributed by atoms with E-state index in [1.165, 1.54) is 0 Å². The zero-order valence-corrected chi connectivity index (χ0v) is 10.8. The fourth-order valence-electron chi connectivity index (χ4n) is 1.48. The number of nitrogens with zero attached hydrogens (tertiary/aromatic N) is 2. The van der Waals surface area contributed by atoms with E-state index in [0.717, 1.165) is 15.8 Å². The van der Waals surface area contributed by atoms with Crippen LogP contribution in [0, 0.1) is 0 Å². The zero-order chi connectivity index (χ0) is 11.0. The van der Waals surface area contributed by atoms with Gasteiger partial charge in [0.1, 0.15) is 5.82 Å². The number of imidazole rings is 1. The Morgan fingerprint density at radius 2 is 2.27 bits per heavy atom. The molecule has 1 N–H and O–H groups in total. The number of halogens is 2. The first-order valence-electron chi connectivity index (χ1n) is 4.63. The molecule has 3 nitrogen and oxygen atoms in total. The van der Waals surface area contributed by atoms with Crippen LogP contribution in [0.15, 0.2) is 22.8 Å². The van der Waals surface area contributed by atoms with Crippen molar-refractivity contribution in [3.8, 4) is 0 Å². The van der Waals surface area contributed by atoms with E-state index in [4.69, 9.17) is 11.6 Å². The molecule has 1 unspecified atom stereocenters. The third kappa shape index (κ3) is 1.89. The van der Waals surface area contributed by atoms with E-state index in [9.17, 15) is 0 Å². The van der Waals surface area contributed by atoms with Gasteiger partial charge in [0.15, 0.2) is 5.15 Å². The molecule has 0 saturated carbocycles. The first kappa shape index (κ1) is 10.9. The van der Waals surface area contributed by atoms with Crippen molar-refractivity contribution in [2.24, 2.45) is 0 Å². The lowest BCUT2D eigenvalue weighted by Gasteiger charge is -2.08. The van der Waals surface area contributed by atoms with Crippen molar-refractivity contribution >= 4 is 33.0 Å². The Kier molecular flexibility index (Phi) is 3.00. The SMILES string of the molecule is CNC(C)c1nc(Cl)c2ccc(Br)cn12. The summed E-state index contributed by atoms with van der Waals surface area (Å²) in [5.74, 6) is 0.916.